The van der Waals surface area contributed by atoms with Gasteiger partial charge in [0.1, 0.15) is 5.40 Å². The molecule has 0 saturated heterocycles. The van der Waals surface area contributed by atoms with E-state index in [1.807, 2.05) is 12.3 Å². The Labute approximate surface area is 149 Å². The average Bonchev–Trinajstić information content (AvgIpc) is 2.59. The van der Waals surface area contributed by atoms with Gasteiger partial charge in [-0.15, -0.1) is 0 Å². The Kier molecular flexibility index (Phi) is 4.57. The summed E-state index contributed by atoms with van der Waals surface area (Å²) in [5.41, 5.74) is 1.85. The first-order valence-electron chi connectivity index (χ1n) is 7.26. The van der Waals surface area contributed by atoms with Gasteiger partial charge in [0.25, 0.3) is 10.0 Å². The second-order valence-electron chi connectivity index (χ2n) is 5.34. The number of rotatable bonds is 3. The summed E-state index contributed by atoms with van der Waals surface area (Å²) in [7, 11) is -3.94. The SMILES string of the molecule is Cc1ccc(S(=O)(=O)N=C2C=C(SC#N)C(=O)c3ccccc32)cc1. The molecule has 0 amide bonds. The number of thiocyanates is 1. The van der Waals surface area contributed by atoms with Crippen molar-refractivity contribution in [3.8, 4) is 5.40 Å². The highest BCUT2D eigenvalue weighted by atomic mass is 32.2. The first-order valence-corrected chi connectivity index (χ1v) is 9.51. The molecule has 7 heteroatoms. The zero-order valence-electron chi connectivity index (χ0n) is 13.1. The Bertz CT molecular complexity index is 1060. The smallest absolute Gasteiger partial charge is 0.282 e. The summed E-state index contributed by atoms with van der Waals surface area (Å²) in [5, 5.41) is 10.7. The molecule has 0 aromatic heterocycles. The molecular weight excluding hydrogens is 356 g/mol. The van der Waals surface area contributed by atoms with Gasteiger partial charge in [0, 0.05) is 11.1 Å². The Morgan fingerprint density at radius 3 is 2.32 bits per heavy atom. The van der Waals surface area contributed by atoms with Crippen LogP contribution in [-0.2, 0) is 10.0 Å². The minimum Gasteiger partial charge on any atom is -0.288 e. The normalized spacial score (nSPS) is 15.4. The van der Waals surface area contributed by atoms with Gasteiger partial charge in [0.05, 0.1) is 15.5 Å². The van der Waals surface area contributed by atoms with E-state index in [0.29, 0.717) is 22.9 Å². The van der Waals surface area contributed by atoms with E-state index in [4.69, 9.17) is 5.26 Å². The van der Waals surface area contributed by atoms with Crippen LogP contribution in [0.2, 0.25) is 0 Å². The van der Waals surface area contributed by atoms with Crippen LogP contribution in [0.5, 0.6) is 0 Å². The van der Waals surface area contributed by atoms with Crippen LogP contribution in [0, 0.1) is 17.6 Å². The number of ketones is 1. The molecule has 5 nitrogen and oxygen atoms in total. The van der Waals surface area contributed by atoms with E-state index in [1.54, 1.807) is 36.4 Å². The molecule has 0 radical (unpaired) electrons. The number of allylic oxidation sites excluding steroid dienone is 2. The lowest BCUT2D eigenvalue weighted by Gasteiger charge is -2.15. The Morgan fingerprint density at radius 1 is 1.04 bits per heavy atom. The molecule has 124 valence electrons. The third-order valence-corrected chi connectivity index (χ3v) is 5.55. The van der Waals surface area contributed by atoms with Crippen LogP contribution in [0.1, 0.15) is 21.5 Å². The second kappa shape index (κ2) is 6.67. The van der Waals surface area contributed by atoms with Crippen LogP contribution in [-0.4, -0.2) is 19.9 Å². The first-order chi connectivity index (χ1) is 11.9. The molecule has 0 aliphatic heterocycles. The predicted molar refractivity (Wildman–Crippen MR) is 97.0 cm³/mol. The van der Waals surface area contributed by atoms with Crippen molar-refractivity contribution in [2.45, 2.75) is 11.8 Å². The monoisotopic (exact) mass is 368 g/mol. The molecule has 1 aliphatic rings. The van der Waals surface area contributed by atoms with Crippen molar-refractivity contribution in [2.75, 3.05) is 0 Å². The number of sulfonamides is 1. The number of hydrogen-bond acceptors (Lipinski definition) is 5. The quantitative estimate of drug-likeness (QED) is 0.774. The van der Waals surface area contributed by atoms with Crippen LogP contribution in [0.15, 0.2) is 68.8 Å². The highest BCUT2D eigenvalue weighted by molar-refractivity contribution is 8.08. The number of nitrogens with zero attached hydrogens (tertiary/aromatic N) is 2. The molecule has 0 unspecified atom stereocenters. The topological polar surface area (TPSA) is 87.4 Å². The maximum Gasteiger partial charge on any atom is 0.282 e. The number of aryl methyl sites for hydroxylation is 1. The van der Waals surface area contributed by atoms with Crippen molar-refractivity contribution in [1.29, 1.82) is 5.26 Å². The lowest BCUT2D eigenvalue weighted by molar-refractivity contribution is 0.104. The summed E-state index contributed by atoms with van der Waals surface area (Å²) >= 11 is 0.693. The number of fused-ring (bicyclic) bond motifs is 1. The molecule has 0 spiro atoms. The van der Waals surface area contributed by atoms with Crippen molar-refractivity contribution < 1.29 is 13.2 Å². The summed E-state index contributed by atoms with van der Waals surface area (Å²) in [6, 6.07) is 13.0. The largest absolute Gasteiger partial charge is 0.288 e. The predicted octanol–water partition coefficient (Wildman–Crippen LogP) is 3.47. The van der Waals surface area contributed by atoms with Crippen molar-refractivity contribution in [3.63, 3.8) is 0 Å². The van der Waals surface area contributed by atoms with Gasteiger partial charge in [-0.05, 0) is 36.9 Å². The molecule has 2 aromatic carbocycles. The van der Waals surface area contributed by atoms with Crippen molar-refractivity contribution >= 4 is 33.3 Å². The van der Waals surface area contributed by atoms with Gasteiger partial charge in [-0.25, -0.2) is 0 Å². The summed E-state index contributed by atoms with van der Waals surface area (Å²) in [4.78, 5) is 12.6. The maximum atomic E-state index is 12.6. The van der Waals surface area contributed by atoms with Gasteiger partial charge in [-0.3, -0.25) is 4.79 Å². The standard InChI is InChI=1S/C18H12N2O3S2/c1-12-6-8-13(9-7-12)25(22,23)20-16-10-17(24-11-19)18(21)15-5-3-2-4-14(15)16/h2-10H,1H3. The third-order valence-electron chi connectivity index (χ3n) is 3.63. The van der Waals surface area contributed by atoms with Crippen molar-refractivity contribution in [1.82, 2.24) is 0 Å². The first kappa shape index (κ1) is 17.1. The molecule has 0 N–H and O–H groups in total. The number of benzene rings is 2. The summed E-state index contributed by atoms with van der Waals surface area (Å²) in [6.45, 7) is 1.86. The van der Waals surface area contributed by atoms with Gasteiger partial charge < -0.3 is 0 Å². The average molecular weight is 368 g/mol. The number of thioether (sulfide) groups is 1. The van der Waals surface area contributed by atoms with E-state index in [9.17, 15) is 13.2 Å². The molecule has 0 saturated carbocycles. The molecular formula is C18H12N2O3S2. The van der Waals surface area contributed by atoms with Crippen molar-refractivity contribution in [3.05, 3.63) is 76.2 Å². The fraction of sp³-hybridized carbons (Fsp3) is 0.0556. The van der Waals surface area contributed by atoms with Crippen LogP contribution in [0.25, 0.3) is 0 Å². The Morgan fingerprint density at radius 2 is 1.68 bits per heavy atom. The number of Topliss-reactive ketones (excluding diaryl/α,β-unsaturated/α-hetero) is 1. The Balaban J connectivity index is 2.16. The molecule has 1 aliphatic carbocycles. The highest BCUT2D eigenvalue weighted by Crippen LogP contribution is 2.29. The van der Waals surface area contributed by atoms with E-state index in [2.05, 4.69) is 4.40 Å². The van der Waals surface area contributed by atoms with E-state index in [1.165, 1.54) is 18.2 Å². The minimum atomic E-state index is -3.94. The van der Waals surface area contributed by atoms with Crippen LogP contribution < -0.4 is 0 Å². The number of nitriles is 1. The van der Waals surface area contributed by atoms with E-state index in [-0.39, 0.29) is 21.3 Å². The third kappa shape index (κ3) is 3.40. The second-order valence-corrected chi connectivity index (χ2v) is 7.77. The van der Waals surface area contributed by atoms with Crippen LogP contribution in [0.3, 0.4) is 0 Å². The minimum absolute atomic E-state index is 0.0721. The number of carbonyl (C=O) groups is 1. The molecule has 0 fully saturated rings. The Hall–Kier alpha value is -2.69. The summed E-state index contributed by atoms with van der Waals surface area (Å²) < 4.78 is 29.1. The zero-order chi connectivity index (χ0) is 18.0. The zero-order valence-corrected chi connectivity index (χ0v) is 14.8. The molecule has 25 heavy (non-hydrogen) atoms. The lowest BCUT2D eigenvalue weighted by Crippen LogP contribution is -2.17. The van der Waals surface area contributed by atoms with Gasteiger partial charge >= 0.3 is 0 Å². The van der Waals surface area contributed by atoms with Gasteiger partial charge in [-0.2, -0.15) is 18.1 Å². The van der Waals surface area contributed by atoms with Gasteiger partial charge in [0.15, 0.2) is 0 Å². The maximum absolute atomic E-state index is 12.6. The summed E-state index contributed by atoms with van der Waals surface area (Å²) in [5.74, 6) is -0.311. The lowest BCUT2D eigenvalue weighted by atomic mass is 9.94. The van der Waals surface area contributed by atoms with Crippen LogP contribution in [0.4, 0.5) is 0 Å². The number of carbonyl (C=O) groups excluding carboxylic acids is 1. The van der Waals surface area contributed by atoms with E-state index in [0.717, 1.165) is 5.56 Å². The fourth-order valence-electron chi connectivity index (χ4n) is 2.40. The highest BCUT2D eigenvalue weighted by Gasteiger charge is 2.26. The van der Waals surface area contributed by atoms with Gasteiger partial charge in [-0.1, -0.05) is 42.0 Å². The van der Waals surface area contributed by atoms with E-state index < -0.39 is 10.0 Å². The van der Waals surface area contributed by atoms with E-state index >= 15 is 0 Å². The number of hydrogen-bond donors (Lipinski definition) is 0. The molecule has 0 atom stereocenters. The van der Waals surface area contributed by atoms with Crippen molar-refractivity contribution in [2.24, 2.45) is 4.40 Å². The molecule has 3 rings (SSSR count). The molecule has 0 heterocycles. The molecule has 2 aromatic rings. The van der Waals surface area contributed by atoms with Crippen LogP contribution >= 0.6 is 11.8 Å². The summed E-state index contributed by atoms with van der Waals surface area (Å²) in [6.07, 6.45) is 1.35. The fourth-order valence-corrected chi connectivity index (χ4v) is 3.86. The molecule has 0 bridgehead atoms. The van der Waals surface area contributed by atoms with Gasteiger partial charge in [0.2, 0.25) is 5.78 Å².